The van der Waals surface area contributed by atoms with Crippen molar-refractivity contribution in [2.45, 2.75) is 64.1 Å². The van der Waals surface area contributed by atoms with E-state index in [4.69, 9.17) is 4.74 Å². The lowest BCUT2D eigenvalue weighted by atomic mass is 9.50. The Bertz CT molecular complexity index is 738. The van der Waals surface area contributed by atoms with Gasteiger partial charge in [0.05, 0.1) is 7.11 Å². The first-order chi connectivity index (χ1) is 12.2. The Morgan fingerprint density at radius 3 is 2.77 bits per heavy atom. The molecule has 3 nitrogen and oxygen atoms in total. The zero-order chi connectivity index (χ0) is 18.9. The van der Waals surface area contributed by atoms with Gasteiger partial charge in [0, 0.05) is 17.3 Å². The Morgan fingerprint density at radius 2 is 2.08 bits per heavy atom. The van der Waals surface area contributed by atoms with Gasteiger partial charge in [-0.15, -0.1) is 0 Å². The van der Waals surface area contributed by atoms with Crippen molar-refractivity contribution in [1.29, 1.82) is 0 Å². The molecule has 2 saturated carbocycles. The van der Waals surface area contributed by atoms with Crippen LogP contribution in [0.3, 0.4) is 0 Å². The van der Waals surface area contributed by atoms with Crippen LogP contribution in [0.25, 0.3) is 0 Å². The monoisotopic (exact) mass is 360 g/mol. The number of halogens is 1. The van der Waals surface area contributed by atoms with Crippen molar-refractivity contribution in [3.8, 4) is 0 Å². The number of alkyl halides is 1. The summed E-state index contributed by atoms with van der Waals surface area (Å²) in [5.74, 6) is 0.778. The number of carbonyl (C=O) groups excluding carboxylic acids is 1. The summed E-state index contributed by atoms with van der Waals surface area (Å²) in [5, 5.41) is 11.4. The van der Waals surface area contributed by atoms with Crippen LogP contribution in [0.1, 0.15) is 52.4 Å². The van der Waals surface area contributed by atoms with Gasteiger partial charge in [0.25, 0.3) is 0 Å². The van der Waals surface area contributed by atoms with Gasteiger partial charge in [-0.25, -0.2) is 4.39 Å². The fourth-order valence-corrected chi connectivity index (χ4v) is 6.50. The Hall–Kier alpha value is -1.42. The van der Waals surface area contributed by atoms with E-state index in [9.17, 15) is 9.90 Å². The Labute approximate surface area is 155 Å². The second-order valence-electron chi connectivity index (χ2n) is 9.12. The number of allylic oxidation sites excluding steroid dienone is 4. The smallest absolute Gasteiger partial charge is 0.155 e. The number of aliphatic hydroxyl groups is 1. The Morgan fingerprint density at radius 1 is 1.35 bits per heavy atom. The Kier molecular flexibility index (Phi) is 3.83. The van der Waals surface area contributed by atoms with Crippen LogP contribution in [0.15, 0.2) is 35.6 Å². The molecule has 0 aromatic carbocycles. The van der Waals surface area contributed by atoms with Crippen molar-refractivity contribution in [3.63, 3.8) is 0 Å². The normalized spacial score (nSPS) is 47.3. The number of ketones is 1. The van der Waals surface area contributed by atoms with Gasteiger partial charge in [-0.05, 0) is 55.6 Å². The summed E-state index contributed by atoms with van der Waals surface area (Å²) < 4.78 is 20.5. The van der Waals surface area contributed by atoms with Gasteiger partial charge in [0.1, 0.15) is 17.5 Å². The third-order valence-electron chi connectivity index (χ3n) is 8.18. The van der Waals surface area contributed by atoms with Gasteiger partial charge in [0.2, 0.25) is 0 Å². The van der Waals surface area contributed by atoms with Crippen molar-refractivity contribution in [2.24, 2.45) is 22.7 Å². The van der Waals surface area contributed by atoms with Crippen LogP contribution < -0.4 is 0 Å². The lowest BCUT2D eigenvalue weighted by molar-refractivity contribution is -0.116. The highest BCUT2D eigenvalue weighted by Crippen LogP contribution is 2.66. The molecule has 6 atom stereocenters. The predicted molar refractivity (Wildman–Crippen MR) is 98.1 cm³/mol. The van der Waals surface area contributed by atoms with E-state index in [0.29, 0.717) is 37.0 Å². The molecule has 0 aromatic heterocycles. The minimum atomic E-state index is -1.08. The summed E-state index contributed by atoms with van der Waals surface area (Å²) in [5.41, 5.74) is 0.154. The average Bonchev–Trinajstić information content (AvgIpc) is 2.88. The number of fused-ring (bicyclic) bond motifs is 5. The first kappa shape index (κ1) is 18.0. The molecule has 4 rings (SSSR count). The highest BCUT2D eigenvalue weighted by molar-refractivity contribution is 5.92. The number of carbonyl (C=O) groups is 1. The molecule has 0 saturated heterocycles. The molecule has 2 fully saturated rings. The highest BCUT2D eigenvalue weighted by Gasteiger charge is 2.64. The van der Waals surface area contributed by atoms with E-state index in [0.717, 1.165) is 12.8 Å². The Balaban J connectivity index is 1.79. The molecular formula is C22H29FO3. The molecule has 4 heteroatoms. The minimum absolute atomic E-state index is 0.0476. The maximum absolute atomic E-state index is 15.2. The van der Waals surface area contributed by atoms with E-state index in [1.807, 2.05) is 0 Å². The van der Waals surface area contributed by atoms with E-state index in [1.54, 1.807) is 13.2 Å². The van der Waals surface area contributed by atoms with Crippen molar-refractivity contribution in [3.05, 3.63) is 35.6 Å². The molecule has 0 aliphatic heterocycles. The largest absolute Gasteiger partial charge is 0.499 e. The van der Waals surface area contributed by atoms with Crippen LogP contribution in [-0.2, 0) is 9.53 Å². The van der Waals surface area contributed by atoms with Crippen LogP contribution in [0.2, 0.25) is 0 Å². The first-order valence-corrected chi connectivity index (χ1v) is 9.72. The average molecular weight is 360 g/mol. The summed E-state index contributed by atoms with van der Waals surface area (Å²) in [6.45, 7) is 8.17. The van der Waals surface area contributed by atoms with Gasteiger partial charge in [-0.1, -0.05) is 32.1 Å². The molecule has 1 N–H and O–H groups in total. The molecule has 0 radical (unpaired) electrons. The van der Waals surface area contributed by atoms with Gasteiger partial charge >= 0.3 is 0 Å². The van der Waals surface area contributed by atoms with E-state index in [2.05, 4.69) is 26.5 Å². The molecule has 26 heavy (non-hydrogen) atoms. The lowest BCUT2D eigenvalue weighted by Gasteiger charge is -2.55. The molecule has 0 aromatic rings. The second-order valence-corrected chi connectivity index (χ2v) is 9.12. The predicted octanol–water partition coefficient (Wildman–Crippen LogP) is 4.28. The number of ether oxygens (including phenoxy) is 1. The first-order valence-electron chi connectivity index (χ1n) is 9.72. The van der Waals surface area contributed by atoms with E-state index in [-0.39, 0.29) is 23.0 Å². The molecule has 0 spiro atoms. The number of hydrogen-bond acceptors (Lipinski definition) is 3. The molecule has 4 aliphatic rings. The van der Waals surface area contributed by atoms with Crippen molar-refractivity contribution >= 4 is 5.78 Å². The van der Waals surface area contributed by atoms with Gasteiger partial charge in [-0.2, -0.15) is 0 Å². The van der Waals surface area contributed by atoms with E-state index in [1.165, 1.54) is 5.57 Å². The minimum Gasteiger partial charge on any atom is -0.499 e. The summed E-state index contributed by atoms with van der Waals surface area (Å²) in [7, 11) is 1.55. The molecular weight excluding hydrogens is 331 g/mol. The van der Waals surface area contributed by atoms with Gasteiger partial charge < -0.3 is 9.84 Å². The lowest BCUT2D eigenvalue weighted by Crippen LogP contribution is -2.53. The number of rotatable bonds is 2. The fourth-order valence-electron chi connectivity index (χ4n) is 6.50. The quantitative estimate of drug-likeness (QED) is 0.591. The van der Waals surface area contributed by atoms with Crippen LogP contribution in [0.4, 0.5) is 4.39 Å². The molecule has 142 valence electrons. The second kappa shape index (κ2) is 5.54. The van der Waals surface area contributed by atoms with Crippen LogP contribution in [0.5, 0.6) is 0 Å². The summed E-state index contributed by atoms with van der Waals surface area (Å²) in [6, 6.07) is 0. The standard InChI is InChI=1S/C22H29FO3/c1-13(26-4)22(25)10-7-17-15-12-19(23)18-11-14(24)5-8-20(18,2)16(15)6-9-21(17,22)3/h6,11,15,17,19,25H,1,5,7-10,12H2,2-4H3/t15-,17+,19?,20-,21+,22+/m1/s1. The SMILES string of the molecule is C=C(OC)[C@@]1(O)CC[C@H]2[C@@H]3CC(F)C4=CC(=O)CC[C@]4(C)C3=CC[C@@]21C. The topological polar surface area (TPSA) is 46.5 Å². The molecule has 0 heterocycles. The van der Waals surface area contributed by atoms with Gasteiger partial charge in [-0.3, -0.25) is 4.79 Å². The van der Waals surface area contributed by atoms with E-state index < -0.39 is 17.2 Å². The summed E-state index contributed by atoms with van der Waals surface area (Å²) in [6.07, 6.45) is 6.50. The zero-order valence-electron chi connectivity index (χ0n) is 16.0. The van der Waals surface area contributed by atoms with E-state index >= 15 is 4.39 Å². The molecule has 0 amide bonds. The highest BCUT2D eigenvalue weighted by atomic mass is 19.1. The van der Waals surface area contributed by atoms with Crippen molar-refractivity contribution in [1.82, 2.24) is 0 Å². The van der Waals surface area contributed by atoms with Crippen LogP contribution in [0, 0.1) is 22.7 Å². The maximum Gasteiger partial charge on any atom is 0.155 e. The van der Waals surface area contributed by atoms with Crippen molar-refractivity contribution in [2.75, 3.05) is 7.11 Å². The fraction of sp³-hybridized carbons (Fsp3) is 0.682. The number of methoxy groups -OCH3 is 1. The van der Waals surface area contributed by atoms with Crippen LogP contribution >= 0.6 is 0 Å². The van der Waals surface area contributed by atoms with Crippen LogP contribution in [-0.4, -0.2) is 29.8 Å². The molecule has 1 unspecified atom stereocenters. The number of hydrogen-bond donors (Lipinski definition) is 1. The third-order valence-corrected chi connectivity index (χ3v) is 8.18. The summed E-state index contributed by atoms with van der Waals surface area (Å²) in [4.78, 5) is 11.9. The molecule has 4 aliphatic carbocycles. The molecule has 0 bridgehead atoms. The van der Waals surface area contributed by atoms with Crippen molar-refractivity contribution < 1.29 is 19.0 Å². The summed E-state index contributed by atoms with van der Waals surface area (Å²) >= 11 is 0. The van der Waals surface area contributed by atoms with Gasteiger partial charge in [0.15, 0.2) is 5.78 Å². The zero-order valence-corrected chi connectivity index (χ0v) is 16.0. The third kappa shape index (κ3) is 2.05. The maximum atomic E-state index is 15.2.